The molecule has 2 aromatic carbocycles. The summed E-state index contributed by atoms with van der Waals surface area (Å²) in [5, 5.41) is 10.5. The minimum Gasteiger partial charge on any atom is -0.497 e. The summed E-state index contributed by atoms with van der Waals surface area (Å²) in [5.41, 5.74) is 1.82. The topological polar surface area (TPSA) is 88.5 Å². The number of methoxy groups -OCH3 is 1. The van der Waals surface area contributed by atoms with Gasteiger partial charge in [-0.2, -0.15) is 0 Å². The van der Waals surface area contributed by atoms with Crippen LogP contribution in [0, 0.1) is 11.3 Å². The third kappa shape index (κ3) is 4.55. The average Bonchev–Trinajstić information content (AvgIpc) is 3.49. The van der Waals surface area contributed by atoms with E-state index >= 15 is 0 Å². The van der Waals surface area contributed by atoms with Crippen LogP contribution in [0.5, 0.6) is 17.2 Å². The number of piperidine rings is 1. The number of carboxylic acid groups (broad SMARTS) is 1. The van der Waals surface area contributed by atoms with E-state index in [9.17, 15) is 14.7 Å². The van der Waals surface area contributed by atoms with Crippen molar-refractivity contribution < 1.29 is 28.9 Å². The van der Waals surface area contributed by atoms with Gasteiger partial charge in [-0.05, 0) is 53.6 Å². The smallest absolute Gasteiger partial charge is 0.309 e. The number of ether oxygens (including phenoxy) is 3. The third-order valence-electron chi connectivity index (χ3n) is 7.87. The van der Waals surface area contributed by atoms with Gasteiger partial charge in [0, 0.05) is 25.6 Å². The van der Waals surface area contributed by atoms with Crippen molar-refractivity contribution in [2.24, 2.45) is 11.3 Å². The van der Waals surface area contributed by atoms with Crippen LogP contribution in [0.15, 0.2) is 42.5 Å². The number of benzene rings is 2. The lowest BCUT2D eigenvalue weighted by molar-refractivity contribution is -0.144. The second kappa shape index (κ2) is 9.75. The number of carbonyl (C=O) groups excluding carboxylic acids is 1. The normalized spacial score (nSPS) is 26.5. The van der Waals surface area contributed by atoms with Gasteiger partial charge in [-0.15, -0.1) is 0 Å². The van der Waals surface area contributed by atoms with Gasteiger partial charge in [0.2, 0.25) is 6.79 Å². The highest BCUT2D eigenvalue weighted by atomic mass is 16.7. The van der Waals surface area contributed by atoms with E-state index in [2.05, 4.69) is 23.6 Å². The monoisotopic (exact) mass is 494 g/mol. The van der Waals surface area contributed by atoms with E-state index in [0.717, 1.165) is 43.3 Å². The number of likely N-dealkylation sites (tertiary alicyclic amines) is 2. The van der Waals surface area contributed by atoms with E-state index in [-0.39, 0.29) is 18.1 Å². The zero-order valence-electron chi connectivity index (χ0n) is 21.1. The van der Waals surface area contributed by atoms with Gasteiger partial charge in [0.25, 0.3) is 0 Å². The molecule has 4 unspecified atom stereocenters. The largest absolute Gasteiger partial charge is 0.497 e. The first-order valence-corrected chi connectivity index (χ1v) is 12.5. The lowest BCUT2D eigenvalue weighted by atomic mass is 9.82. The number of carboxylic acids is 1. The van der Waals surface area contributed by atoms with Gasteiger partial charge >= 0.3 is 5.97 Å². The van der Waals surface area contributed by atoms with Crippen molar-refractivity contribution in [3.05, 3.63) is 53.6 Å². The molecular weight excluding hydrogens is 460 g/mol. The highest BCUT2D eigenvalue weighted by molar-refractivity contribution is 5.74. The molecule has 5 rings (SSSR count). The van der Waals surface area contributed by atoms with Crippen LogP contribution in [-0.2, 0) is 9.59 Å². The fourth-order valence-corrected chi connectivity index (χ4v) is 6.19. The van der Waals surface area contributed by atoms with Crippen LogP contribution < -0.4 is 14.2 Å². The van der Waals surface area contributed by atoms with Gasteiger partial charge < -0.3 is 24.1 Å². The van der Waals surface area contributed by atoms with Crippen molar-refractivity contribution in [1.82, 2.24) is 9.80 Å². The first-order valence-electron chi connectivity index (χ1n) is 12.5. The molecule has 0 aliphatic carbocycles. The second-order valence-electron chi connectivity index (χ2n) is 10.8. The number of hydrogen-bond acceptors (Lipinski definition) is 7. The summed E-state index contributed by atoms with van der Waals surface area (Å²) in [6.45, 7) is 6.64. The van der Waals surface area contributed by atoms with Crippen LogP contribution >= 0.6 is 0 Å². The fourth-order valence-electron chi connectivity index (χ4n) is 6.19. The van der Waals surface area contributed by atoms with Crippen LogP contribution in [0.25, 0.3) is 0 Å². The molecule has 4 atom stereocenters. The molecule has 2 saturated heterocycles. The molecule has 1 N–H and O–H groups in total. The van der Waals surface area contributed by atoms with Gasteiger partial charge in [-0.1, -0.05) is 32.0 Å². The van der Waals surface area contributed by atoms with Crippen molar-refractivity contribution in [3.63, 3.8) is 0 Å². The predicted molar refractivity (Wildman–Crippen MR) is 133 cm³/mol. The summed E-state index contributed by atoms with van der Waals surface area (Å²) < 4.78 is 16.4. The Morgan fingerprint density at radius 3 is 2.53 bits per heavy atom. The number of nitrogens with zero attached hydrogens (tertiary/aromatic N) is 2. The van der Waals surface area contributed by atoms with Crippen molar-refractivity contribution in [3.8, 4) is 17.2 Å². The quantitative estimate of drug-likeness (QED) is 0.580. The third-order valence-corrected chi connectivity index (χ3v) is 7.87. The summed E-state index contributed by atoms with van der Waals surface area (Å²) in [6, 6.07) is 12.7. The van der Waals surface area contributed by atoms with Crippen LogP contribution in [0.3, 0.4) is 0 Å². The highest BCUT2D eigenvalue weighted by Gasteiger charge is 2.51. The molecule has 0 amide bonds. The number of hydrogen-bond donors (Lipinski definition) is 1. The Bertz CT molecular complexity index is 1120. The van der Waals surface area contributed by atoms with Crippen LogP contribution in [0.4, 0.5) is 0 Å². The van der Waals surface area contributed by atoms with Gasteiger partial charge in [0.05, 0.1) is 19.1 Å². The lowest BCUT2D eigenvalue weighted by Crippen LogP contribution is -2.54. The average molecular weight is 495 g/mol. The Kier molecular flexibility index (Phi) is 6.66. The minimum absolute atomic E-state index is 0.0950. The first-order chi connectivity index (χ1) is 17.3. The standard InChI is InChI=1S/C28H34N2O6/c1-28(2)11-4-12-29(16-28)24(15-31)30-14-21(19-7-10-22-23(13-19)36-17-35-22)25(27(32)33)26(30)18-5-8-20(34-3)9-6-18/h5-10,13,15,21,24-26H,4,11-12,14,16-17H2,1-3H3,(H,32,33). The number of aldehydes is 1. The Balaban J connectivity index is 1.57. The number of aliphatic carboxylic acids is 1. The van der Waals surface area contributed by atoms with Gasteiger partial charge in [-0.25, -0.2) is 0 Å². The molecule has 8 heteroatoms. The summed E-state index contributed by atoms with van der Waals surface area (Å²) in [6.07, 6.45) is 2.58. The summed E-state index contributed by atoms with van der Waals surface area (Å²) >= 11 is 0. The molecule has 0 saturated carbocycles. The van der Waals surface area contributed by atoms with Gasteiger partial charge in [-0.3, -0.25) is 14.6 Å². The highest BCUT2D eigenvalue weighted by Crippen LogP contribution is 2.49. The van der Waals surface area contributed by atoms with Gasteiger partial charge in [0.1, 0.15) is 11.9 Å². The van der Waals surface area contributed by atoms with E-state index in [4.69, 9.17) is 14.2 Å². The van der Waals surface area contributed by atoms with Crippen molar-refractivity contribution in [2.45, 2.75) is 44.8 Å². The van der Waals surface area contributed by atoms with Crippen LogP contribution in [0.1, 0.15) is 49.8 Å². The van der Waals surface area contributed by atoms with E-state index < -0.39 is 24.1 Å². The predicted octanol–water partition coefficient (Wildman–Crippen LogP) is 3.91. The Morgan fingerprint density at radius 1 is 1.14 bits per heavy atom. The van der Waals surface area contributed by atoms with Crippen molar-refractivity contribution in [1.29, 1.82) is 0 Å². The molecule has 8 nitrogen and oxygen atoms in total. The molecule has 3 aliphatic rings. The summed E-state index contributed by atoms with van der Waals surface area (Å²) in [7, 11) is 1.60. The van der Waals surface area contributed by atoms with Crippen molar-refractivity contribution in [2.75, 3.05) is 33.5 Å². The zero-order valence-corrected chi connectivity index (χ0v) is 21.1. The lowest BCUT2D eigenvalue weighted by Gasteiger charge is -2.44. The van der Waals surface area contributed by atoms with E-state index in [1.807, 2.05) is 42.5 Å². The maximum Gasteiger partial charge on any atom is 0.309 e. The molecule has 2 aromatic rings. The van der Waals surface area contributed by atoms with Crippen LogP contribution in [-0.4, -0.2) is 66.9 Å². The summed E-state index contributed by atoms with van der Waals surface area (Å²) in [4.78, 5) is 29.8. The molecule has 0 spiro atoms. The summed E-state index contributed by atoms with van der Waals surface area (Å²) in [5.74, 6) is 0.0227. The molecular formula is C28H34N2O6. The van der Waals surface area contributed by atoms with E-state index in [1.54, 1.807) is 7.11 Å². The zero-order chi connectivity index (χ0) is 25.4. The molecule has 0 aromatic heterocycles. The molecule has 192 valence electrons. The van der Waals surface area contributed by atoms with Gasteiger partial charge in [0.15, 0.2) is 17.8 Å². The second-order valence-corrected chi connectivity index (χ2v) is 10.8. The maximum atomic E-state index is 12.9. The molecule has 0 bridgehead atoms. The maximum absolute atomic E-state index is 12.9. The molecule has 3 heterocycles. The number of rotatable bonds is 7. The Labute approximate surface area is 211 Å². The van der Waals surface area contributed by atoms with E-state index in [0.29, 0.717) is 23.8 Å². The number of fused-ring (bicyclic) bond motifs is 1. The Morgan fingerprint density at radius 2 is 1.86 bits per heavy atom. The molecule has 36 heavy (non-hydrogen) atoms. The Hall–Kier alpha value is -3.10. The molecule has 0 radical (unpaired) electrons. The SMILES string of the molecule is COc1ccc(C2C(C(=O)O)C(c3ccc4c(c3)OCO4)CN2C(C=O)N2CCCC(C)(C)C2)cc1. The molecule has 3 aliphatic heterocycles. The number of carbonyl (C=O) groups is 2. The minimum atomic E-state index is -0.885. The van der Waals surface area contributed by atoms with E-state index in [1.165, 1.54) is 0 Å². The van der Waals surface area contributed by atoms with Crippen molar-refractivity contribution >= 4 is 12.3 Å². The van der Waals surface area contributed by atoms with Crippen LogP contribution in [0.2, 0.25) is 0 Å². The molecule has 2 fully saturated rings. The fraction of sp³-hybridized carbons (Fsp3) is 0.500. The first kappa shape index (κ1) is 24.6.